The normalized spacial score (nSPS) is 10.9. The molecule has 0 aliphatic carbocycles. The number of pyridine rings is 1. The zero-order chi connectivity index (χ0) is 19.9. The quantitative estimate of drug-likeness (QED) is 0.286. The number of aliphatic hydroxyl groups excluding tert-OH is 1. The van der Waals surface area contributed by atoms with E-state index in [-0.39, 0.29) is 31.6 Å². The fraction of sp³-hybridized carbons (Fsp3) is 0.391. The Morgan fingerprint density at radius 3 is 2.19 bits per heavy atom. The van der Waals surface area contributed by atoms with Crippen LogP contribution < -0.4 is 0 Å². The first-order chi connectivity index (χ1) is 12.1. The molecule has 0 saturated heterocycles. The summed E-state index contributed by atoms with van der Waals surface area (Å²) in [7, 11) is 0. The molecule has 0 unspecified atom stereocenters. The number of hydrogen-bond donors (Lipinski definition) is 1. The molecular weight excluding hydrogens is 514 g/mol. The van der Waals surface area contributed by atoms with Crippen molar-refractivity contribution in [2.45, 2.75) is 60.3 Å². The first-order valence-corrected chi connectivity index (χ1v) is 8.98. The topological polar surface area (TPSA) is 50.2 Å². The molecule has 2 aromatic rings. The molecule has 1 heterocycles. The van der Waals surface area contributed by atoms with Gasteiger partial charge in [0.25, 0.3) is 0 Å². The summed E-state index contributed by atoms with van der Waals surface area (Å²) < 4.78 is 0. The monoisotopic (exact) mass is 545 g/mol. The molecule has 0 aliphatic heterocycles. The second kappa shape index (κ2) is 11.8. The molecule has 4 heteroatoms. The summed E-state index contributed by atoms with van der Waals surface area (Å²) in [6.45, 7) is 13.8. The van der Waals surface area contributed by atoms with Crippen molar-refractivity contribution in [2.75, 3.05) is 0 Å². The number of allylic oxidation sites excluding steroid dienone is 2. The number of carbonyl (C=O) groups excluding carboxylic acids is 1. The second-order valence-corrected chi connectivity index (χ2v) is 7.19. The Bertz CT molecular complexity index is 776. The molecule has 3 nitrogen and oxygen atoms in total. The molecule has 27 heavy (non-hydrogen) atoms. The number of aliphatic hydroxyl groups is 1. The van der Waals surface area contributed by atoms with E-state index in [4.69, 9.17) is 10.1 Å². The van der Waals surface area contributed by atoms with Gasteiger partial charge >= 0.3 is 0 Å². The Morgan fingerprint density at radius 2 is 1.78 bits per heavy atom. The zero-order valence-corrected chi connectivity index (χ0v) is 19.6. The van der Waals surface area contributed by atoms with Gasteiger partial charge in [-0.05, 0) is 36.9 Å². The predicted molar refractivity (Wildman–Crippen MR) is 108 cm³/mol. The Labute approximate surface area is 177 Å². The Kier molecular flexibility index (Phi) is 11.1. The van der Waals surface area contributed by atoms with Crippen LogP contribution in [-0.4, -0.2) is 15.9 Å². The van der Waals surface area contributed by atoms with Gasteiger partial charge in [-0.25, -0.2) is 0 Å². The van der Waals surface area contributed by atoms with Crippen LogP contribution in [0.1, 0.15) is 70.1 Å². The van der Waals surface area contributed by atoms with E-state index in [0.29, 0.717) is 11.8 Å². The van der Waals surface area contributed by atoms with Crippen molar-refractivity contribution in [2.24, 2.45) is 0 Å². The zero-order valence-electron chi connectivity index (χ0n) is 17.3. The van der Waals surface area contributed by atoms with Crippen LogP contribution in [-0.2, 0) is 24.9 Å². The number of ketones is 1. The maximum Gasteiger partial charge on any atom is 0.155 e. The number of hydrogen-bond acceptors (Lipinski definition) is 3. The minimum absolute atomic E-state index is 0. The van der Waals surface area contributed by atoms with E-state index in [1.165, 1.54) is 36.6 Å². The van der Waals surface area contributed by atoms with Crippen LogP contribution in [0.5, 0.6) is 0 Å². The van der Waals surface area contributed by atoms with Gasteiger partial charge < -0.3 is 10.1 Å². The first kappa shape index (κ1) is 25.2. The summed E-state index contributed by atoms with van der Waals surface area (Å²) >= 11 is 0. The van der Waals surface area contributed by atoms with Crippen molar-refractivity contribution in [1.29, 1.82) is 0 Å². The molecular formula is C23H30IrNO2-. The first-order valence-electron chi connectivity index (χ1n) is 8.98. The summed E-state index contributed by atoms with van der Waals surface area (Å²) in [6.07, 6.45) is 3.17. The molecule has 2 rings (SSSR count). The van der Waals surface area contributed by atoms with E-state index in [1.54, 1.807) is 0 Å². The standard InChI is InChI=1S/C18H22N.C5H8O2.Ir/c1-12(2)16-10-17(13(3)4)18(19-11-16)15-8-6-7-14(5)9-15;1-4(6)3-5(2)7;/h6-7,9-13H,1-5H3;3,6H,1-2H3;/q-1;;/b;4-3-;. The molecule has 0 aliphatic rings. The SMILES string of the molecule is CC(=O)/C=C(/C)O.Cc1cc[c-]c(-c2ncc(C(C)C)cc2C(C)C)c1.[Ir]. The van der Waals surface area contributed by atoms with Gasteiger partial charge in [-0.15, -0.1) is 35.4 Å². The third-order valence-corrected chi connectivity index (χ3v) is 3.85. The summed E-state index contributed by atoms with van der Waals surface area (Å²) in [4.78, 5) is 14.7. The molecule has 1 radical (unpaired) electrons. The molecule has 1 aromatic carbocycles. The van der Waals surface area contributed by atoms with Crippen molar-refractivity contribution in [3.8, 4) is 11.3 Å². The average molecular weight is 545 g/mol. The van der Waals surface area contributed by atoms with Gasteiger partial charge in [0, 0.05) is 32.4 Å². The van der Waals surface area contributed by atoms with E-state index in [0.717, 1.165) is 11.3 Å². The van der Waals surface area contributed by atoms with E-state index in [9.17, 15) is 4.79 Å². The van der Waals surface area contributed by atoms with Crippen LogP contribution in [0.25, 0.3) is 11.3 Å². The van der Waals surface area contributed by atoms with Crippen LogP contribution in [0.3, 0.4) is 0 Å². The molecule has 0 atom stereocenters. The number of aromatic nitrogens is 1. The van der Waals surface area contributed by atoms with Crippen molar-refractivity contribution >= 4 is 5.78 Å². The molecule has 149 valence electrons. The Balaban J connectivity index is 0.000000728. The number of rotatable bonds is 4. The summed E-state index contributed by atoms with van der Waals surface area (Å²) in [5, 5.41) is 8.36. The third-order valence-electron chi connectivity index (χ3n) is 3.85. The van der Waals surface area contributed by atoms with Crippen LogP contribution in [0.2, 0.25) is 0 Å². The average Bonchev–Trinajstić information content (AvgIpc) is 2.53. The fourth-order valence-corrected chi connectivity index (χ4v) is 2.49. The predicted octanol–water partition coefficient (Wildman–Crippen LogP) is 6.14. The van der Waals surface area contributed by atoms with E-state index in [1.807, 2.05) is 12.3 Å². The molecule has 0 fully saturated rings. The molecule has 0 saturated carbocycles. The van der Waals surface area contributed by atoms with E-state index in [2.05, 4.69) is 58.9 Å². The minimum atomic E-state index is -0.125. The number of carbonyl (C=O) groups is 1. The largest absolute Gasteiger partial charge is 0.512 e. The van der Waals surface area contributed by atoms with Crippen LogP contribution in [0, 0.1) is 13.0 Å². The number of benzene rings is 1. The fourth-order valence-electron chi connectivity index (χ4n) is 2.49. The maximum absolute atomic E-state index is 10.0. The number of aryl methyl sites for hydroxylation is 1. The minimum Gasteiger partial charge on any atom is -0.512 e. The van der Waals surface area contributed by atoms with Crippen molar-refractivity contribution in [3.05, 3.63) is 65.1 Å². The molecule has 1 N–H and O–H groups in total. The molecule has 0 amide bonds. The van der Waals surface area contributed by atoms with Crippen molar-refractivity contribution in [3.63, 3.8) is 0 Å². The van der Waals surface area contributed by atoms with Crippen LogP contribution in [0.15, 0.2) is 42.3 Å². The van der Waals surface area contributed by atoms with E-state index < -0.39 is 0 Å². The smallest absolute Gasteiger partial charge is 0.155 e. The second-order valence-electron chi connectivity index (χ2n) is 7.19. The summed E-state index contributed by atoms with van der Waals surface area (Å²) in [5.41, 5.74) is 6.04. The van der Waals surface area contributed by atoms with Gasteiger partial charge in [-0.2, -0.15) is 0 Å². The van der Waals surface area contributed by atoms with Gasteiger partial charge in [-0.1, -0.05) is 46.2 Å². The summed E-state index contributed by atoms with van der Waals surface area (Å²) in [6, 6.07) is 11.8. The van der Waals surface area contributed by atoms with Crippen molar-refractivity contribution < 1.29 is 30.0 Å². The number of nitrogens with zero attached hydrogens (tertiary/aromatic N) is 1. The van der Waals surface area contributed by atoms with Gasteiger partial charge in [-0.3, -0.25) is 4.79 Å². The Hall–Kier alpha value is -1.77. The third kappa shape index (κ3) is 8.64. The molecule has 1 aromatic heterocycles. The van der Waals surface area contributed by atoms with Gasteiger partial charge in [0.15, 0.2) is 5.78 Å². The van der Waals surface area contributed by atoms with Gasteiger partial charge in [0.05, 0.1) is 5.76 Å². The van der Waals surface area contributed by atoms with Crippen molar-refractivity contribution in [1.82, 2.24) is 4.98 Å². The molecule has 0 bridgehead atoms. The maximum atomic E-state index is 10.0. The van der Waals surface area contributed by atoms with Gasteiger partial charge in [0.1, 0.15) is 0 Å². The Morgan fingerprint density at radius 1 is 1.15 bits per heavy atom. The van der Waals surface area contributed by atoms with Crippen LogP contribution >= 0.6 is 0 Å². The van der Waals surface area contributed by atoms with Crippen LogP contribution in [0.4, 0.5) is 0 Å². The van der Waals surface area contributed by atoms with E-state index >= 15 is 0 Å². The molecule has 0 spiro atoms. The van der Waals surface area contributed by atoms with Gasteiger partial charge in [0.2, 0.25) is 0 Å². The summed E-state index contributed by atoms with van der Waals surface area (Å²) in [5.74, 6) is 0.920.